The number of hydrogen-bond donors (Lipinski definition) is 1. The van der Waals surface area contributed by atoms with Crippen LogP contribution in [0.5, 0.6) is 0 Å². The van der Waals surface area contributed by atoms with E-state index in [1.165, 1.54) is 10.4 Å². The molecule has 0 aromatic heterocycles. The second-order valence-corrected chi connectivity index (χ2v) is 8.34. The zero-order chi connectivity index (χ0) is 14.2. The van der Waals surface area contributed by atoms with Crippen LogP contribution in [-0.4, -0.2) is 41.5 Å². The Labute approximate surface area is 116 Å². The number of sulfonamides is 1. The van der Waals surface area contributed by atoms with Gasteiger partial charge in [-0.15, -0.1) is 0 Å². The van der Waals surface area contributed by atoms with Crippen molar-refractivity contribution in [2.45, 2.75) is 18.7 Å². The third-order valence-corrected chi connectivity index (χ3v) is 6.61. The van der Waals surface area contributed by atoms with Crippen LogP contribution in [0, 0.1) is 13.8 Å². The first-order chi connectivity index (χ1) is 8.82. The summed E-state index contributed by atoms with van der Waals surface area (Å²) in [5, 5.41) is 0. The predicted molar refractivity (Wildman–Crippen MR) is 77.0 cm³/mol. The molecule has 1 aromatic rings. The highest BCUT2D eigenvalue weighted by molar-refractivity contribution is 7.89. The van der Waals surface area contributed by atoms with Gasteiger partial charge in [-0.3, -0.25) is 4.21 Å². The van der Waals surface area contributed by atoms with Gasteiger partial charge in [0.25, 0.3) is 0 Å². The van der Waals surface area contributed by atoms with Gasteiger partial charge in [0, 0.05) is 41.1 Å². The van der Waals surface area contributed by atoms with Crippen LogP contribution in [-0.2, 0) is 20.8 Å². The van der Waals surface area contributed by atoms with E-state index < -0.39 is 20.8 Å². The van der Waals surface area contributed by atoms with Crippen molar-refractivity contribution in [1.82, 2.24) is 4.31 Å². The Kier molecular flexibility index (Phi) is 3.98. The Hall–Kier alpha value is -0.920. The van der Waals surface area contributed by atoms with Gasteiger partial charge in [-0.05, 0) is 37.1 Å². The Morgan fingerprint density at radius 1 is 1.21 bits per heavy atom. The van der Waals surface area contributed by atoms with E-state index in [1.54, 1.807) is 6.07 Å². The van der Waals surface area contributed by atoms with Crippen LogP contribution < -0.4 is 5.73 Å². The largest absolute Gasteiger partial charge is 0.398 e. The molecule has 0 saturated carbocycles. The number of nitrogen functional groups attached to an aromatic ring is 1. The van der Waals surface area contributed by atoms with Crippen molar-refractivity contribution in [2.75, 3.05) is 30.3 Å². The van der Waals surface area contributed by atoms with Crippen molar-refractivity contribution in [3.05, 3.63) is 23.3 Å². The average molecular weight is 302 g/mol. The maximum absolute atomic E-state index is 12.5. The third-order valence-electron chi connectivity index (χ3n) is 3.46. The molecular formula is C12H18N2O3S2. The first-order valence-corrected chi connectivity index (χ1v) is 8.97. The highest BCUT2D eigenvalue weighted by atomic mass is 32.2. The minimum atomic E-state index is -3.53. The maximum Gasteiger partial charge on any atom is 0.243 e. The minimum Gasteiger partial charge on any atom is -0.398 e. The molecule has 1 heterocycles. The fourth-order valence-electron chi connectivity index (χ4n) is 2.01. The van der Waals surface area contributed by atoms with Gasteiger partial charge in [-0.2, -0.15) is 4.31 Å². The summed E-state index contributed by atoms with van der Waals surface area (Å²) >= 11 is 0. The molecule has 2 N–H and O–H groups in total. The lowest BCUT2D eigenvalue weighted by Crippen LogP contribution is -2.41. The SMILES string of the molecule is Cc1cc(S(=O)(=O)N2CCS(=O)CC2)cc(N)c1C. The average Bonchev–Trinajstić information content (AvgIpc) is 2.35. The summed E-state index contributed by atoms with van der Waals surface area (Å²) in [7, 11) is -4.42. The normalized spacial score (nSPS) is 18.6. The van der Waals surface area contributed by atoms with E-state index in [0.717, 1.165) is 11.1 Å². The molecule has 1 aliphatic heterocycles. The summed E-state index contributed by atoms with van der Waals surface area (Å²) < 4.78 is 37.6. The Morgan fingerprint density at radius 3 is 2.32 bits per heavy atom. The number of rotatable bonds is 2. The van der Waals surface area contributed by atoms with Crippen LogP contribution in [0.25, 0.3) is 0 Å². The Morgan fingerprint density at radius 2 is 1.79 bits per heavy atom. The van der Waals surface area contributed by atoms with Gasteiger partial charge in [0.15, 0.2) is 0 Å². The molecule has 0 unspecified atom stereocenters. The monoisotopic (exact) mass is 302 g/mol. The lowest BCUT2D eigenvalue weighted by Gasteiger charge is -2.26. The van der Waals surface area contributed by atoms with Crippen molar-refractivity contribution in [1.29, 1.82) is 0 Å². The molecule has 19 heavy (non-hydrogen) atoms. The number of aryl methyl sites for hydroxylation is 1. The molecule has 0 radical (unpaired) electrons. The predicted octanol–water partition coefficient (Wildman–Crippen LogP) is 0.639. The van der Waals surface area contributed by atoms with E-state index in [-0.39, 0.29) is 4.90 Å². The molecule has 0 bridgehead atoms. The van der Waals surface area contributed by atoms with E-state index in [0.29, 0.717) is 30.3 Å². The molecule has 5 nitrogen and oxygen atoms in total. The van der Waals surface area contributed by atoms with Gasteiger partial charge in [0.05, 0.1) is 4.90 Å². The van der Waals surface area contributed by atoms with Crippen LogP contribution in [0.3, 0.4) is 0 Å². The number of hydrogen-bond acceptors (Lipinski definition) is 4. The van der Waals surface area contributed by atoms with Gasteiger partial charge in [-0.25, -0.2) is 8.42 Å². The molecule has 106 valence electrons. The highest BCUT2D eigenvalue weighted by Gasteiger charge is 2.28. The molecule has 7 heteroatoms. The van der Waals surface area contributed by atoms with E-state index in [1.807, 2.05) is 13.8 Å². The lowest BCUT2D eigenvalue weighted by molar-refractivity contribution is 0.438. The molecule has 0 spiro atoms. The van der Waals surface area contributed by atoms with Gasteiger partial charge >= 0.3 is 0 Å². The van der Waals surface area contributed by atoms with Crippen molar-refractivity contribution in [3.8, 4) is 0 Å². The number of nitrogens with two attached hydrogens (primary N) is 1. The molecule has 1 aromatic carbocycles. The molecule has 1 aliphatic rings. The van der Waals surface area contributed by atoms with E-state index in [2.05, 4.69) is 0 Å². The zero-order valence-electron chi connectivity index (χ0n) is 11.0. The molecule has 0 atom stereocenters. The van der Waals surface area contributed by atoms with Crippen LogP contribution in [0.2, 0.25) is 0 Å². The highest BCUT2D eigenvalue weighted by Crippen LogP contribution is 2.24. The standard InChI is InChI=1S/C12H18N2O3S2/c1-9-7-11(8-12(13)10(9)2)19(16,17)14-3-5-18(15)6-4-14/h7-8H,3-6,13H2,1-2H3. The molecule has 2 rings (SSSR count). The van der Waals surface area contributed by atoms with Crippen molar-refractivity contribution in [3.63, 3.8) is 0 Å². The summed E-state index contributed by atoms with van der Waals surface area (Å²) in [6, 6.07) is 3.15. The Bertz CT molecular complexity index is 593. The van der Waals surface area contributed by atoms with Gasteiger partial charge < -0.3 is 5.73 Å². The number of benzene rings is 1. The summed E-state index contributed by atoms with van der Waals surface area (Å²) in [6.07, 6.45) is 0. The molecule has 0 amide bonds. The number of nitrogens with zero attached hydrogens (tertiary/aromatic N) is 1. The smallest absolute Gasteiger partial charge is 0.243 e. The molecular weight excluding hydrogens is 284 g/mol. The quantitative estimate of drug-likeness (QED) is 0.813. The second-order valence-electron chi connectivity index (χ2n) is 4.71. The van der Waals surface area contributed by atoms with E-state index >= 15 is 0 Å². The van der Waals surface area contributed by atoms with Crippen molar-refractivity contribution in [2.24, 2.45) is 0 Å². The molecule has 1 saturated heterocycles. The summed E-state index contributed by atoms with van der Waals surface area (Å²) in [4.78, 5) is 0.223. The molecule has 0 aliphatic carbocycles. The van der Waals surface area contributed by atoms with Crippen molar-refractivity contribution < 1.29 is 12.6 Å². The summed E-state index contributed by atoms with van der Waals surface area (Å²) in [5.74, 6) is 0.805. The molecule has 1 fully saturated rings. The maximum atomic E-state index is 12.5. The van der Waals surface area contributed by atoms with Gasteiger partial charge in [0.1, 0.15) is 0 Å². The number of anilines is 1. The first kappa shape index (κ1) is 14.5. The van der Waals surface area contributed by atoms with Crippen LogP contribution in [0.15, 0.2) is 17.0 Å². The lowest BCUT2D eigenvalue weighted by atomic mass is 10.1. The fourth-order valence-corrected chi connectivity index (χ4v) is 4.86. The third kappa shape index (κ3) is 2.82. The van der Waals surface area contributed by atoms with Crippen molar-refractivity contribution >= 4 is 26.5 Å². The zero-order valence-corrected chi connectivity index (χ0v) is 12.7. The summed E-state index contributed by atoms with van der Waals surface area (Å²) in [6.45, 7) is 4.32. The fraction of sp³-hybridized carbons (Fsp3) is 0.500. The topological polar surface area (TPSA) is 80.5 Å². The van der Waals surface area contributed by atoms with Crippen LogP contribution in [0.1, 0.15) is 11.1 Å². The minimum absolute atomic E-state index is 0.223. The second kappa shape index (κ2) is 5.22. The van der Waals surface area contributed by atoms with Crippen LogP contribution in [0.4, 0.5) is 5.69 Å². The van der Waals surface area contributed by atoms with Crippen LogP contribution >= 0.6 is 0 Å². The van der Waals surface area contributed by atoms with Gasteiger partial charge in [0.2, 0.25) is 10.0 Å². The van der Waals surface area contributed by atoms with Gasteiger partial charge in [-0.1, -0.05) is 0 Å². The van der Waals surface area contributed by atoms with E-state index in [9.17, 15) is 12.6 Å². The summed E-state index contributed by atoms with van der Waals surface area (Å²) in [5.41, 5.74) is 8.09. The first-order valence-electron chi connectivity index (χ1n) is 6.04. The Balaban J connectivity index is 2.37. The van der Waals surface area contributed by atoms with E-state index in [4.69, 9.17) is 5.73 Å².